The van der Waals surface area contributed by atoms with Crippen molar-refractivity contribution in [3.05, 3.63) is 22.6 Å². The maximum Gasteiger partial charge on any atom is 0.268 e. The highest BCUT2D eigenvalue weighted by molar-refractivity contribution is 6.22. The summed E-state index contributed by atoms with van der Waals surface area (Å²) >= 11 is 5.70. The highest BCUT2D eigenvalue weighted by atomic mass is 35.5. The second-order valence-corrected chi connectivity index (χ2v) is 5.15. The molecule has 0 spiro atoms. The van der Waals surface area contributed by atoms with Crippen LogP contribution in [0.5, 0.6) is 0 Å². The number of nitriles is 1. The van der Waals surface area contributed by atoms with Gasteiger partial charge >= 0.3 is 0 Å². The van der Waals surface area contributed by atoms with E-state index < -0.39 is 5.38 Å². The Morgan fingerprint density at radius 2 is 2.16 bits per heavy atom. The monoisotopic (exact) mass is 281 g/mol. The molecule has 0 N–H and O–H groups in total. The summed E-state index contributed by atoms with van der Waals surface area (Å²) in [5, 5.41) is 12.0. The largest absolute Gasteiger partial charge is 0.368 e. The van der Waals surface area contributed by atoms with E-state index in [1.807, 2.05) is 6.07 Å². The average Bonchev–Trinajstić information content (AvgIpc) is 2.41. The molecule has 0 saturated carbocycles. The predicted octanol–water partition coefficient (Wildman–Crippen LogP) is 0.126. The molecule has 0 radical (unpaired) electrons. The lowest BCUT2D eigenvalue weighted by Gasteiger charge is -2.33. The molecule has 1 aliphatic rings. The number of rotatable bonds is 3. The Bertz CT molecular complexity index is 530. The maximum absolute atomic E-state index is 11.9. The Kier molecular flexibility index (Phi) is 4.40. The highest BCUT2D eigenvalue weighted by Crippen LogP contribution is 2.12. The van der Waals surface area contributed by atoms with Crippen molar-refractivity contribution in [1.29, 1.82) is 5.26 Å². The first kappa shape index (κ1) is 13.8. The van der Waals surface area contributed by atoms with E-state index in [9.17, 15) is 4.79 Å². The fourth-order valence-corrected chi connectivity index (χ4v) is 2.12. The number of piperazine rings is 1. The first-order valence-electron chi connectivity index (χ1n) is 6.14. The zero-order chi connectivity index (χ0) is 13.8. The molecule has 102 valence electrons. The number of hydrogen-bond donors (Lipinski definition) is 0. The van der Waals surface area contributed by atoms with Crippen molar-refractivity contribution in [3.63, 3.8) is 0 Å². The molecule has 0 aromatic carbocycles. The topological polar surface area (TPSA) is 65.2 Å². The molecule has 1 aromatic heterocycles. The number of anilines is 1. The van der Waals surface area contributed by atoms with Gasteiger partial charge in [0, 0.05) is 32.2 Å². The quantitative estimate of drug-likeness (QED) is 0.737. The van der Waals surface area contributed by atoms with E-state index in [1.165, 1.54) is 4.68 Å². The van der Waals surface area contributed by atoms with E-state index in [1.54, 1.807) is 12.3 Å². The minimum atomic E-state index is -0.736. The first-order chi connectivity index (χ1) is 9.10. The van der Waals surface area contributed by atoms with Crippen LogP contribution in [0.4, 0.5) is 5.69 Å². The fourth-order valence-electron chi connectivity index (χ4n) is 1.99. The van der Waals surface area contributed by atoms with E-state index in [-0.39, 0.29) is 12.1 Å². The Morgan fingerprint density at radius 3 is 2.74 bits per heavy atom. The molecule has 1 atom stereocenters. The lowest BCUT2D eigenvalue weighted by molar-refractivity contribution is 0.312. The van der Waals surface area contributed by atoms with Crippen LogP contribution in [-0.4, -0.2) is 53.3 Å². The molecule has 2 rings (SSSR count). The van der Waals surface area contributed by atoms with Crippen LogP contribution in [0.15, 0.2) is 17.1 Å². The number of aromatic nitrogens is 2. The summed E-state index contributed by atoms with van der Waals surface area (Å²) < 4.78 is 1.22. The fraction of sp³-hybridized carbons (Fsp3) is 0.583. The number of hydrogen-bond acceptors (Lipinski definition) is 5. The van der Waals surface area contributed by atoms with Gasteiger partial charge in [0.2, 0.25) is 0 Å². The van der Waals surface area contributed by atoms with Gasteiger partial charge < -0.3 is 9.80 Å². The summed E-state index contributed by atoms with van der Waals surface area (Å²) in [7, 11) is 2.08. The Hall–Kier alpha value is -1.58. The number of likely N-dealkylation sites (N-methyl/N-ethyl adjacent to an activating group) is 1. The molecule has 7 heteroatoms. The highest BCUT2D eigenvalue weighted by Gasteiger charge is 2.15. The summed E-state index contributed by atoms with van der Waals surface area (Å²) in [5.41, 5.74) is 0.606. The van der Waals surface area contributed by atoms with Gasteiger partial charge in [0.05, 0.1) is 24.5 Å². The molecule has 19 heavy (non-hydrogen) atoms. The zero-order valence-electron chi connectivity index (χ0n) is 10.8. The van der Waals surface area contributed by atoms with Gasteiger partial charge in [-0.2, -0.15) is 10.4 Å². The van der Waals surface area contributed by atoms with Crippen molar-refractivity contribution >= 4 is 17.3 Å². The van der Waals surface area contributed by atoms with Crippen molar-refractivity contribution in [2.24, 2.45) is 0 Å². The van der Waals surface area contributed by atoms with Crippen molar-refractivity contribution in [2.75, 3.05) is 38.1 Å². The van der Waals surface area contributed by atoms with Crippen LogP contribution < -0.4 is 10.5 Å². The third-order valence-electron chi connectivity index (χ3n) is 3.20. The van der Waals surface area contributed by atoms with Gasteiger partial charge in [-0.15, -0.1) is 11.6 Å². The van der Waals surface area contributed by atoms with Crippen LogP contribution in [0.2, 0.25) is 0 Å². The molecule has 0 amide bonds. The van der Waals surface area contributed by atoms with Crippen LogP contribution in [0.1, 0.15) is 0 Å². The number of nitrogens with zero attached hydrogens (tertiary/aromatic N) is 5. The van der Waals surface area contributed by atoms with Gasteiger partial charge in [0.15, 0.2) is 0 Å². The van der Waals surface area contributed by atoms with Gasteiger partial charge in [0.25, 0.3) is 5.56 Å². The molecule has 2 heterocycles. The minimum absolute atomic E-state index is 0.111. The molecule has 0 bridgehead atoms. The molecular weight excluding hydrogens is 266 g/mol. The van der Waals surface area contributed by atoms with Gasteiger partial charge in [-0.05, 0) is 7.05 Å². The summed E-state index contributed by atoms with van der Waals surface area (Å²) in [6.07, 6.45) is 1.66. The van der Waals surface area contributed by atoms with Crippen LogP contribution in [0.3, 0.4) is 0 Å². The lowest BCUT2D eigenvalue weighted by atomic mass is 10.3. The van der Waals surface area contributed by atoms with Crippen LogP contribution in [0, 0.1) is 11.3 Å². The van der Waals surface area contributed by atoms with Gasteiger partial charge in [0.1, 0.15) is 5.38 Å². The van der Waals surface area contributed by atoms with Gasteiger partial charge in [-0.25, -0.2) is 4.68 Å². The SMILES string of the molecule is CN1CCN(c2cnn(CC(Cl)C#N)c(=O)c2)CC1. The van der Waals surface area contributed by atoms with E-state index >= 15 is 0 Å². The number of alkyl halides is 1. The third kappa shape index (κ3) is 3.46. The predicted molar refractivity (Wildman–Crippen MR) is 73.5 cm³/mol. The van der Waals surface area contributed by atoms with E-state index in [0.717, 1.165) is 31.9 Å². The van der Waals surface area contributed by atoms with Gasteiger partial charge in [-0.1, -0.05) is 0 Å². The molecule has 1 saturated heterocycles. The van der Waals surface area contributed by atoms with E-state index in [2.05, 4.69) is 21.9 Å². The normalized spacial score (nSPS) is 18.1. The van der Waals surface area contributed by atoms with Gasteiger partial charge in [-0.3, -0.25) is 4.79 Å². The summed E-state index contributed by atoms with van der Waals surface area (Å²) in [4.78, 5) is 16.3. The molecule has 6 nitrogen and oxygen atoms in total. The molecular formula is C12H16ClN5O. The summed E-state index contributed by atoms with van der Waals surface area (Å²) in [6.45, 7) is 3.83. The second-order valence-electron chi connectivity index (χ2n) is 4.62. The smallest absolute Gasteiger partial charge is 0.268 e. The molecule has 0 aliphatic carbocycles. The second kappa shape index (κ2) is 6.04. The average molecular weight is 282 g/mol. The Morgan fingerprint density at radius 1 is 1.47 bits per heavy atom. The maximum atomic E-state index is 11.9. The van der Waals surface area contributed by atoms with Crippen molar-refractivity contribution in [1.82, 2.24) is 14.7 Å². The minimum Gasteiger partial charge on any atom is -0.368 e. The van der Waals surface area contributed by atoms with E-state index in [4.69, 9.17) is 16.9 Å². The van der Waals surface area contributed by atoms with Crippen molar-refractivity contribution in [3.8, 4) is 6.07 Å². The molecule has 1 aliphatic heterocycles. The van der Waals surface area contributed by atoms with Crippen LogP contribution in [0.25, 0.3) is 0 Å². The zero-order valence-corrected chi connectivity index (χ0v) is 11.5. The Labute approximate surface area is 116 Å². The Balaban J connectivity index is 2.11. The van der Waals surface area contributed by atoms with Crippen molar-refractivity contribution in [2.45, 2.75) is 11.9 Å². The summed E-state index contributed by atoms with van der Waals surface area (Å²) in [6, 6.07) is 3.43. The molecule has 1 fully saturated rings. The lowest BCUT2D eigenvalue weighted by Crippen LogP contribution is -2.45. The first-order valence-corrected chi connectivity index (χ1v) is 6.58. The van der Waals surface area contributed by atoms with Crippen molar-refractivity contribution < 1.29 is 0 Å². The standard InChI is InChI=1S/C12H16ClN5O/c1-16-2-4-17(5-3-16)11-6-12(19)18(15-8-11)9-10(13)7-14/h6,8,10H,2-5,9H2,1H3. The molecule has 1 unspecified atom stereocenters. The summed E-state index contributed by atoms with van der Waals surface area (Å²) in [5.74, 6) is 0. The van der Waals surface area contributed by atoms with E-state index in [0.29, 0.717) is 0 Å². The molecule has 1 aromatic rings. The van der Waals surface area contributed by atoms with Crippen LogP contribution >= 0.6 is 11.6 Å². The number of halogens is 1. The van der Waals surface area contributed by atoms with Crippen LogP contribution in [-0.2, 0) is 6.54 Å². The third-order valence-corrected chi connectivity index (χ3v) is 3.43.